The van der Waals surface area contributed by atoms with Crippen LogP contribution in [0.1, 0.15) is 35.8 Å². The van der Waals surface area contributed by atoms with Crippen LogP contribution in [-0.4, -0.2) is 48.3 Å². The van der Waals surface area contributed by atoms with Crippen molar-refractivity contribution >= 4 is 28.3 Å². The topological polar surface area (TPSA) is 99.6 Å². The predicted molar refractivity (Wildman–Crippen MR) is 104 cm³/mol. The Labute approximate surface area is 167 Å². The van der Waals surface area contributed by atoms with Crippen LogP contribution >= 0.6 is 11.3 Å². The zero-order valence-corrected chi connectivity index (χ0v) is 16.5. The molecule has 0 spiro atoms. The first-order chi connectivity index (χ1) is 13.6. The van der Waals surface area contributed by atoms with Gasteiger partial charge in [0.15, 0.2) is 5.13 Å². The Kier molecular flexibility index (Phi) is 7.32. The van der Waals surface area contributed by atoms with Crippen molar-refractivity contribution in [3.05, 3.63) is 35.0 Å². The molecule has 2 aromatic rings. The maximum Gasteiger partial charge on any atom is 0.311 e. The lowest BCUT2D eigenvalue weighted by Crippen LogP contribution is -2.21. The number of rotatable bonds is 8. The number of hydrogen-bond acceptors (Lipinski definition) is 8. The third-order valence-corrected chi connectivity index (χ3v) is 5.01. The molecule has 1 amide bonds. The summed E-state index contributed by atoms with van der Waals surface area (Å²) in [5.74, 6) is 0.212. The van der Waals surface area contributed by atoms with Crippen molar-refractivity contribution in [2.24, 2.45) is 5.92 Å². The molecule has 0 aliphatic carbocycles. The molecule has 0 bridgehead atoms. The van der Waals surface area contributed by atoms with Gasteiger partial charge in [-0.25, -0.2) is 9.97 Å². The minimum absolute atomic E-state index is 0.0830. The largest absolute Gasteiger partial charge is 0.477 e. The van der Waals surface area contributed by atoms with Crippen molar-refractivity contribution in [3.63, 3.8) is 0 Å². The minimum Gasteiger partial charge on any atom is -0.477 e. The van der Waals surface area contributed by atoms with Crippen LogP contribution in [-0.2, 0) is 20.7 Å². The number of pyridine rings is 1. The lowest BCUT2D eigenvalue weighted by atomic mass is 10.0. The third kappa shape index (κ3) is 6.00. The van der Waals surface area contributed by atoms with Crippen LogP contribution in [0.2, 0.25) is 0 Å². The molecular formula is C19H23N3O5S. The van der Waals surface area contributed by atoms with Crippen molar-refractivity contribution in [3.8, 4) is 5.88 Å². The van der Waals surface area contributed by atoms with Crippen molar-refractivity contribution in [1.29, 1.82) is 0 Å². The van der Waals surface area contributed by atoms with E-state index in [1.54, 1.807) is 30.6 Å². The number of aromatic nitrogens is 2. The molecule has 28 heavy (non-hydrogen) atoms. The smallest absolute Gasteiger partial charge is 0.311 e. The second kappa shape index (κ2) is 10.1. The highest BCUT2D eigenvalue weighted by Crippen LogP contribution is 2.19. The summed E-state index contributed by atoms with van der Waals surface area (Å²) >= 11 is 1.26. The first kappa shape index (κ1) is 20.2. The van der Waals surface area contributed by atoms with Gasteiger partial charge in [0.25, 0.3) is 5.91 Å². The molecule has 3 heterocycles. The van der Waals surface area contributed by atoms with E-state index in [-0.39, 0.29) is 18.3 Å². The van der Waals surface area contributed by atoms with Crippen LogP contribution in [0.5, 0.6) is 5.88 Å². The van der Waals surface area contributed by atoms with Crippen LogP contribution < -0.4 is 10.1 Å². The van der Waals surface area contributed by atoms with Gasteiger partial charge in [-0.05, 0) is 31.7 Å². The molecule has 9 heteroatoms. The fourth-order valence-electron chi connectivity index (χ4n) is 2.72. The van der Waals surface area contributed by atoms with Crippen molar-refractivity contribution in [1.82, 2.24) is 9.97 Å². The summed E-state index contributed by atoms with van der Waals surface area (Å²) in [7, 11) is 0. The number of carbonyl (C=O) groups excluding carboxylic acids is 2. The number of esters is 1. The van der Waals surface area contributed by atoms with Crippen LogP contribution in [0.25, 0.3) is 0 Å². The number of nitrogens with zero attached hydrogens (tertiary/aromatic N) is 2. The Morgan fingerprint density at radius 2 is 2.18 bits per heavy atom. The minimum atomic E-state index is -0.342. The molecule has 1 N–H and O–H groups in total. The van der Waals surface area contributed by atoms with Crippen LogP contribution in [0.4, 0.5) is 5.13 Å². The average molecular weight is 405 g/mol. The highest BCUT2D eigenvalue weighted by Gasteiger charge is 2.16. The third-order valence-electron chi connectivity index (χ3n) is 4.21. The van der Waals surface area contributed by atoms with Gasteiger partial charge >= 0.3 is 5.97 Å². The Morgan fingerprint density at radius 1 is 1.36 bits per heavy atom. The monoisotopic (exact) mass is 405 g/mol. The lowest BCUT2D eigenvalue weighted by Gasteiger charge is -2.21. The molecule has 0 atom stereocenters. The molecule has 0 saturated carbocycles. The molecule has 150 valence electrons. The van der Waals surface area contributed by atoms with E-state index >= 15 is 0 Å². The predicted octanol–water partition coefficient (Wildman–Crippen LogP) is 2.70. The van der Waals surface area contributed by atoms with E-state index in [2.05, 4.69) is 15.3 Å². The molecule has 1 saturated heterocycles. The number of amides is 1. The lowest BCUT2D eigenvalue weighted by molar-refractivity contribution is -0.142. The van der Waals surface area contributed by atoms with Crippen molar-refractivity contribution in [2.75, 3.05) is 31.7 Å². The molecule has 2 aromatic heterocycles. The van der Waals surface area contributed by atoms with Gasteiger partial charge in [0.2, 0.25) is 5.88 Å². The fraction of sp³-hybridized carbons (Fsp3) is 0.474. The quantitative estimate of drug-likeness (QED) is 0.674. The molecular weight excluding hydrogens is 382 g/mol. The summed E-state index contributed by atoms with van der Waals surface area (Å²) in [6.45, 7) is 4.16. The van der Waals surface area contributed by atoms with Gasteiger partial charge in [0.1, 0.15) is 0 Å². The molecule has 0 aromatic carbocycles. The zero-order chi connectivity index (χ0) is 19.8. The van der Waals surface area contributed by atoms with E-state index < -0.39 is 0 Å². The fourth-order valence-corrected chi connectivity index (χ4v) is 3.43. The van der Waals surface area contributed by atoms with E-state index in [1.807, 2.05) is 0 Å². The van der Waals surface area contributed by atoms with E-state index in [0.717, 1.165) is 26.1 Å². The van der Waals surface area contributed by atoms with Gasteiger partial charge in [0.05, 0.1) is 25.3 Å². The summed E-state index contributed by atoms with van der Waals surface area (Å²) in [5.41, 5.74) is 0.994. The molecule has 3 rings (SSSR count). The molecule has 0 radical (unpaired) electrons. The number of anilines is 1. The van der Waals surface area contributed by atoms with Gasteiger partial charge in [-0.15, -0.1) is 11.3 Å². The Morgan fingerprint density at radius 3 is 2.96 bits per heavy atom. The second-order valence-electron chi connectivity index (χ2n) is 6.33. The van der Waals surface area contributed by atoms with Crippen molar-refractivity contribution in [2.45, 2.75) is 26.2 Å². The number of thiazole rings is 1. The number of carbonyl (C=O) groups is 2. The Hall–Kier alpha value is -2.52. The van der Waals surface area contributed by atoms with Gasteiger partial charge < -0.3 is 14.2 Å². The summed E-state index contributed by atoms with van der Waals surface area (Å²) < 4.78 is 16.0. The summed E-state index contributed by atoms with van der Waals surface area (Å²) in [6, 6.07) is 3.23. The summed E-state index contributed by atoms with van der Waals surface area (Å²) in [5, 5.41) is 4.88. The Bertz CT molecular complexity index is 804. The van der Waals surface area contributed by atoms with E-state index in [4.69, 9.17) is 14.2 Å². The van der Waals surface area contributed by atoms with Gasteiger partial charge in [-0.3, -0.25) is 14.9 Å². The molecule has 8 nitrogen and oxygen atoms in total. The Balaban J connectivity index is 1.54. The highest BCUT2D eigenvalue weighted by molar-refractivity contribution is 7.14. The second-order valence-corrected chi connectivity index (χ2v) is 7.19. The van der Waals surface area contributed by atoms with Gasteiger partial charge in [-0.2, -0.15) is 0 Å². The van der Waals surface area contributed by atoms with Gasteiger partial charge in [0, 0.05) is 36.4 Å². The van der Waals surface area contributed by atoms with Crippen LogP contribution in [0.3, 0.4) is 0 Å². The van der Waals surface area contributed by atoms with Crippen LogP contribution in [0, 0.1) is 5.92 Å². The highest BCUT2D eigenvalue weighted by atomic mass is 32.1. The maximum atomic E-state index is 12.5. The van der Waals surface area contributed by atoms with Gasteiger partial charge in [-0.1, -0.05) is 0 Å². The standard InChI is InChI=1S/C19H23N3O5S/c1-2-26-17(23)10-15-12-28-19(21-15)22-18(24)14-3-6-20-16(9-14)27-11-13-4-7-25-8-5-13/h3,6,9,12-13H,2,4-5,7-8,10-11H2,1H3,(H,21,22,24). The number of ether oxygens (including phenoxy) is 3. The average Bonchev–Trinajstić information content (AvgIpc) is 3.14. The first-order valence-corrected chi connectivity index (χ1v) is 10.1. The summed E-state index contributed by atoms with van der Waals surface area (Å²) in [4.78, 5) is 32.4. The maximum absolute atomic E-state index is 12.5. The number of hydrogen-bond donors (Lipinski definition) is 1. The van der Waals surface area contributed by atoms with E-state index in [0.29, 0.717) is 41.4 Å². The molecule has 1 fully saturated rings. The van der Waals surface area contributed by atoms with E-state index in [9.17, 15) is 9.59 Å². The molecule has 1 aliphatic heterocycles. The number of nitrogens with one attached hydrogen (secondary N) is 1. The first-order valence-electron chi connectivity index (χ1n) is 9.22. The molecule has 0 unspecified atom stereocenters. The zero-order valence-electron chi connectivity index (χ0n) is 15.7. The van der Waals surface area contributed by atoms with E-state index in [1.165, 1.54) is 11.3 Å². The van der Waals surface area contributed by atoms with Crippen molar-refractivity contribution < 1.29 is 23.8 Å². The summed E-state index contributed by atoms with van der Waals surface area (Å²) in [6.07, 6.45) is 3.57. The normalized spacial score (nSPS) is 14.5. The molecule has 1 aliphatic rings. The SMILES string of the molecule is CCOC(=O)Cc1csc(NC(=O)c2ccnc(OCC3CCOCC3)c2)n1. The van der Waals surface area contributed by atoms with Crippen LogP contribution in [0.15, 0.2) is 23.7 Å².